The fourth-order valence-corrected chi connectivity index (χ4v) is 3.07. The molecule has 1 saturated heterocycles. The number of para-hydroxylation sites is 1. The van der Waals surface area contributed by atoms with E-state index in [2.05, 4.69) is 32.3 Å². The fraction of sp³-hybridized carbons (Fsp3) is 0.333. The summed E-state index contributed by atoms with van der Waals surface area (Å²) in [4.78, 5) is 12.7. The Labute approximate surface area is 133 Å². The number of hydrogen-bond acceptors (Lipinski definition) is 6. The molecule has 0 atom stereocenters. The summed E-state index contributed by atoms with van der Waals surface area (Å²) in [5, 5.41) is 7.34. The van der Waals surface area contributed by atoms with Crippen LogP contribution in [0.4, 0.5) is 5.69 Å². The number of anilines is 1. The van der Waals surface area contributed by atoms with Crippen LogP contribution in [0.5, 0.6) is 0 Å². The molecule has 0 radical (unpaired) electrons. The average molecular weight is 313 g/mol. The number of aryl methyl sites for hydroxylation is 1. The number of carbonyl (C=O) groups is 1. The van der Waals surface area contributed by atoms with Gasteiger partial charge in [-0.25, -0.2) is 10.9 Å². The SMILES string of the molecule is O=C(Nc1ccccc1C1NNNN1)c1cnn2c1CCCC2. The molecule has 0 spiro atoms. The largest absolute Gasteiger partial charge is 0.322 e. The lowest BCUT2D eigenvalue weighted by Crippen LogP contribution is -2.33. The Kier molecular flexibility index (Phi) is 3.80. The van der Waals surface area contributed by atoms with Crippen LogP contribution in [0.2, 0.25) is 0 Å². The van der Waals surface area contributed by atoms with Gasteiger partial charge in [0.05, 0.1) is 17.5 Å². The molecule has 0 saturated carbocycles. The van der Waals surface area contributed by atoms with Gasteiger partial charge in [-0.3, -0.25) is 9.48 Å². The zero-order valence-electron chi connectivity index (χ0n) is 12.6. The first kappa shape index (κ1) is 14.3. The standard InChI is InChI=1S/C15H19N7O/c23-15(11-9-16-22-8-4-3-7-13(11)22)17-12-6-2-1-5-10(12)14-18-20-21-19-14/h1-2,5-6,9,14,18-21H,3-4,7-8H2,(H,17,23). The van der Waals surface area contributed by atoms with Crippen molar-refractivity contribution in [2.75, 3.05) is 5.32 Å². The van der Waals surface area contributed by atoms with Crippen LogP contribution < -0.4 is 27.2 Å². The Morgan fingerprint density at radius 1 is 1.22 bits per heavy atom. The predicted octanol–water partition coefficient (Wildman–Crippen LogP) is 0.587. The Hall–Kier alpha value is -2.26. The Balaban J connectivity index is 1.58. The van der Waals surface area contributed by atoms with Crippen molar-refractivity contribution in [3.8, 4) is 0 Å². The van der Waals surface area contributed by atoms with E-state index < -0.39 is 0 Å². The van der Waals surface area contributed by atoms with E-state index in [1.165, 1.54) is 0 Å². The molecule has 4 rings (SSSR count). The predicted molar refractivity (Wildman–Crippen MR) is 84.8 cm³/mol. The molecule has 1 amide bonds. The molecule has 3 heterocycles. The number of nitrogens with one attached hydrogen (secondary N) is 5. The van der Waals surface area contributed by atoms with Gasteiger partial charge in [-0.1, -0.05) is 18.2 Å². The zero-order chi connectivity index (χ0) is 15.6. The van der Waals surface area contributed by atoms with E-state index in [1.54, 1.807) is 6.20 Å². The molecule has 1 aromatic carbocycles. The number of fused-ring (bicyclic) bond motifs is 1. The van der Waals surface area contributed by atoms with E-state index in [0.29, 0.717) is 5.56 Å². The maximum absolute atomic E-state index is 12.7. The number of carbonyl (C=O) groups excluding carboxylic acids is 1. The minimum Gasteiger partial charge on any atom is -0.322 e. The van der Waals surface area contributed by atoms with Crippen molar-refractivity contribution in [1.29, 1.82) is 0 Å². The Morgan fingerprint density at radius 2 is 2.04 bits per heavy atom. The van der Waals surface area contributed by atoms with Crippen LogP contribution >= 0.6 is 0 Å². The van der Waals surface area contributed by atoms with Crippen LogP contribution in [0.15, 0.2) is 30.5 Å². The second kappa shape index (κ2) is 6.09. The number of benzene rings is 1. The van der Waals surface area contributed by atoms with Crippen LogP contribution in [-0.4, -0.2) is 15.7 Å². The summed E-state index contributed by atoms with van der Waals surface area (Å²) in [6, 6.07) is 7.70. The molecule has 0 unspecified atom stereocenters. The minimum atomic E-state index is -0.132. The van der Waals surface area contributed by atoms with Gasteiger partial charge >= 0.3 is 0 Å². The summed E-state index contributed by atoms with van der Waals surface area (Å²) >= 11 is 0. The van der Waals surface area contributed by atoms with Crippen LogP contribution in [0.1, 0.15) is 40.6 Å². The van der Waals surface area contributed by atoms with Gasteiger partial charge in [-0.2, -0.15) is 16.2 Å². The first-order chi connectivity index (χ1) is 11.3. The van der Waals surface area contributed by atoms with Crippen LogP contribution in [0.25, 0.3) is 0 Å². The molecule has 120 valence electrons. The minimum absolute atomic E-state index is 0.112. The molecule has 23 heavy (non-hydrogen) atoms. The number of nitrogens with zero attached hydrogens (tertiary/aromatic N) is 2. The first-order valence-electron chi connectivity index (χ1n) is 7.79. The van der Waals surface area contributed by atoms with E-state index in [4.69, 9.17) is 0 Å². The van der Waals surface area contributed by atoms with Crippen LogP contribution in [0.3, 0.4) is 0 Å². The topological polar surface area (TPSA) is 95.0 Å². The van der Waals surface area contributed by atoms with Gasteiger partial charge < -0.3 is 5.32 Å². The summed E-state index contributed by atoms with van der Waals surface area (Å²) in [6.07, 6.45) is 4.68. The maximum atomic E-state index is 12.7. The molecule has 0 aliphatic carbocycles. The molecular weight excluding hydrogens is 294 g/mol. The van der Waals surface area contributed by atoms with E-state index in [0.717, 1.165) is 42.8 Å². The van der Waals surface area contributed by atoms with Crippen molar-refractivity contribution in [2.45, 2.75) is 32.0 Å². The number of hydrazine groups is 3. The van der Waals surface area contributed by atoms with E-state index in [9.17, 15) is 4.79 Å². The van der Waals surface area contributed by atoms with E-state index >= 15 is 0 Å². The van der Waals surface area contributed by atoms with Crippen LogP contribution in [-0.2, 0) is 13.0 Å². The van der Waals surface area contributed by atoms with Crippen molar-refractivity contribution < 1.29 is 4.79 Å². The number of rotatable bonds is 3. The summed E-state index contributed by atoms with van der Waals surface area (Å²) in [7, 11) is 0. The van der Waals surface area contributed by atoms with Crippen molar-refractivity contribution in [3.05, 3.63) is 47.3 Å². The molecule has 5 N–H and O–H groups in total. The molecule has 1 aromatic heterocycles. The summed E-state index contributed by atoms with van der Waals surface area (Å²) in [6.45, 7) is 0.895. The van der Waals surface area contributed by atoms with Crippen molar-refractivity contribution in [1.82, 2.24) is 31.7 Å². The zero-order valence-corrected chi connectivity index (χ0v) is 12.6. The van der Waals surface area contributed by atoms with Crippen molar-refractivity contribution in [3.63, 3.8) is 0 Å². The van der Waals surface area contributed by atoms with Gasteiger partial charge in [0.1, 0.15) is 6.17 Å². The van der Waals surface area contributed by atoms with Gasteiger partial charge in [0.15, 0.2) is 0 Å². The normalized spacial score (nSPS) is 17.9. The lowest BCUT2D eigenvalue weighted by atomic mass is 10.1. The second-order valence-corrected chi connectivity index (χ2v) is 5.70. The van der Waals surface area contributed by atoms with E-state index in [1.807, 2.05) is 28.9 Å². The summed E-state index contributed by atoms with van der Waals surface area (Å²) in [5.41, 5.74) is 15.0. The van der Waals surface area contributed by atoms with Gasteiger partial charge in [-0.15, -0.1) is 0 Å². The monoisotopic (exact) mass is 313 g/mol. The molecule has 8 heteroatoms. The molecule has 2 aliphatic heterocycles. The number of hydrogen-bond donors (Lipinski definition) is 5. The molecule has 2 aromatic rings. The maximum Gasteiger partial charge on any atom is 0.259 e. The number of aromatic nitrogens is 2. The highest BCUT2D eigenvalue weighted by Crippen LogP contribution is 2.24. The molecular formula is C15H19N7O. The highest BCUT2D eigenvalue weighted by molar-refractivity contribution is 6.05. The molecule has 2 aliphatic rings. The Bertz CT molecular complexity index is 720. The van der Waals surface area contributed by atoms with Gasteiger partial charge in [-0.05, 0) is 25.3 Å². The van der Waals surface area contributed by atoms with Gasteiger partial charge in [0.25, 0.3) is 5.91 Å². The quantitative estimate of drug-likeness (QED) is 0.569. The van der Waals surface area contributed by atoms with E-state index in [-0.39, 0.29) is 12.1 Å². The fourth-order valence-electron chi connectivity index (χ4n) is 3.07. The first-order valence-corrected chi connectivity index (χ1v) is 7.79. The lowest BCUT2D eigenvalue weighted by Gasteiger charge is -2.17. The molecule has 1 fully saturated rings. The highest BCUT2D eigenvalue weighted by atomic mass is 16.1. The average Bonchev–Trinajstić information content (AvgIpc) is 3.25. The number of amides is 1. The third-order valence-corrected chi connectivity index (χ3v) is 4.24. The highest BCUT2D eigenvalue weighted by Gasteiger charge is 2.22. The van der Waals surface area contributed by atoms with Crippen molar-refractivity contribution in [2.24, 2.45) is 0 Å². The molecule has 0 bridgehead atoms. The Morgan fingerprint density at radius 3 is 2.91 bits per heavy atom. The van der Waals surface area contributed by atoms with Gasteiger partial charge in [0.2, 0.25) is 0 Å². The third kappa shape index (κ3) is 2.73. The van der Waals surface area contributed by atoms with Gasteiger partial charge in [0, 0.05) is 17.8 Å². The molecule has 8 nitrogen and oxygen atoms in total. The van der Waals surface area contributed by atoms with Crippen molar-refractivity contribution >= 4 is 11.6 Å². The third-order valence-electron chi connectivity index (χ3n) is 4.24. The lowest BCUT2D eigenvalue weighted by molar-refractivity contribution is 0.102. The second-order valence-electron chi connectivity index (χ2n) is 5.70. The van der Waals surface area contributed by atoms with Crippen LogP contribution in [0, 0.1) is 0 Å². The smallest absolute Gasteiger partial charge is 0.259 e. The summed E-state index contributed by atoms with van der Waals surface area (Å²) < 4.78 is 1.94. The summed E-state index contributed by atoms with van der Waals surface area (Å²) in [5.74, 6) is -0.112.